The van der Waals surface area contributed by atoms with Crippen LogP contribution in [0.25, 0.3) is 0 Å². The molecule has 0 radical (unpaired) electrons. The average Bonchev–Trinajstić information content (AvgIpc) is 3.16. The topological polar surface area (TPSA) is 59.3 Å². The van der Waals surface area contributed by atoms with Crippen molar-refractivity contribution in [2.45, 2.75) is 32.1 Å². The van der Waals surface area contributed by atoms with Crippen molar-refractivity contribution < 1.29 is 9.84 Å². The third kappa shape index (κ3) is 6.86. The van der Waals surface area contributed by atoms with Crippen molar-refractivity contribution in [1.82, 2.24) is 14.9 Å². The standard InChI is InChI=1S/C15H23N3O2S/c19-14(11-20-12-15-4-3-9-21-15)10-16-5-1-2-7-18-8-6-17-13-18/h3-4,6,8-9,13-14,16,19H,1-2,5,7,10-12H2. The molecule has 2 aromatic rings. The molecular weight excluding hydrogens is 286 g/mol. The number of aryl methyl sites for hydroxylation is 1. The van der Waals surface area contributed by atoms with E-state index in [4.69, 9.17) is 4.74 Å². The second-order valence-corrected chi connectivity index (χ2v) is 5.99. The lowest BCUT2D eigenvalue weighted by Crippen LogP contribution is -2.31. The first-order valence-corrected chi connectivity index (χ1v) is 8.17. The largest absolute Gasteiger partial charge is 0.389 e. The summed E-state index contributed by atoms with van der Waals surface area (Å²) in [6, 6.07) is 4.04. The van der Waals surface area contributed by atoms with Crippen molar-refractivity contribution in [1.29, 1.82) is 0 Å². The monoisotopic (exact) mass is 309 g/mol. The van der Waals surface area contributed by atoms with Crippen molar-refractivity contribution in [2.24, 2.45) is 0 Å². The van der Waals surface area contributed by atoms with Gasteiger partial charge in [0.2, 0.25) is 0 Å². The normalized spacial score (nSPS) is 12.6. The van der Waals surface area contributed by atoms with Gasteiger partial charge in [-0.15, -0.1) is 11.3 Å². The van der Waals surface area contributed by atoms with Crippen molar-refractivity contribution in [3.63, 3.8) is 0 Å². The van der Waals surface area contributed by atoms with E-state index in [0.717, 1.165) is 25.9 Å². The number of unbranched alkanes of at least 4 members (excludes halogenated alkanes) is 1. The summed E-state index contributed by atoms with van der Waals surface area (Å²) in [4.78, 5) is 5.20. The lowest BCUT2D eigenvalue weighted by molar-refractivity contribution is 0.0299. The Labute approximate surface area is 129 Å². The van der Waals surface area contributed by atoms with E-state index in [9.17, 15) is 5.11 Å². The number of aromatic nitrogens is 2. The van der Waals surface area contributed by atoms with Crippen LogP contribution < -0.4 is 5.32 Å². The summed E-state index contributed by atoms with van der Waals surface area (Å²) in [6.45, 7) is 3.44. The SMILES string of the molecule is OC(CNCCCCn1ccnc1)COCc1cccs1. The first-order chi connectivity index (χ1) is 10.3. The highest BCUT2D eigenvalue weighted by molar-refractivity contribution is 7.09. The van der Waals surface area contributed by atoms with Crippen LogP contribution in [0.5, 0.6) is 0 Å². The second kappa shape index (κ2) is 9.68. The zero-order valence-electron chi connectivity index (χ0n) is 12.1. The fraction of sp³-hybridized carbons (Fsp3) is 0.533. The predicted octanol–water partition coefficient (Wildman–Crippen LogP) is 1.89. The third-order valence-electron chi connectivity index (χ3n) is 3.09. The first-order valence-electron chi connectivity index (χ1n) is 7.29. The molecule has 0 fully saturated rings. The lowest BCUT2D eigenvalue weighted by atomic mass is 10.3. The summed E-state index contributed by atoms with van der Waals surface area (Å²) >= 11 is 1.67. The molecule has 116 valence electrons. The molecular formula is C15H23N3O2S. The maximum Gasteiger partial charge on any atom is 0.0945 e. The molecule has 1 atom stereocenters. The highest BCUT2D eigenvalue weighted by atomic mass is 32.1. The van der Waals surface area contributed by atoms with E-state index in [-0.39, 0.29) is 0 Å². The maximum absolute atomic E-state index is 9.79. The second-order valence-electron chi connectivity index (χ2n) is 4.96. The Bertz CT molecular complexity index is 459. The van der Waals surface area contributed by atoms with Gasteiger partial charge in [0.25, 0.3) is 0 Å². The number of nitrogens with zero attached hydrogens (tertiary/aromatic N) is 2. The van der Waals surface area contributed by atoms with Gasteiger partial charge in [-0.2, -0.15) is 0 Å². The molecule has 2 rings (SSSR count). The fourth-order valence-electron chi connectivity index (χ4n) is 1.98. The van der Waals surface area contributed by atoms with Crippen LogP contribution in [0.15, 0.2) is 36.2 Å². The van der Waals surface area contributed by atoms with Gasteiger partial charge in [0, 0.05) is 30.4 Å². The number of rotatable bonds is 11. The number of ether oxygens (including phenoxy) is 1. The molecule has 0 aliphatic carbocycles. The van der Waals surface area contributed by atoms with E-state index >= 15 is 0 Å². The highest BCUT2D eigenvalue weighted by Crippen LogP contribution is 2.09. The molecule has 0 saturated heterocycles. The van der Waals surface area contributed by atoms with Crippen LogP contribution in [0.2, 0.25) is 0 Å². The van der Waals surface area contributed by atoms with Crippen LogP contribution in [-0.4, -0.2) is 40.5 Å². The minimum Gasteiger partial charge on any atom is -0.389 e. The molecule has 0 spiro atoms. The van der Waals surface area contributed by atoms with E-state index in [1.54, 1.807) is 17.5 Å². The average molecular weight is 309 g/mol. The van der Waals surface area contributed by atoms with Crippen molar-refractivity contribution in [3.8, 4) is 0 Å². The Kier molecular flexibility index (Phi) is 7.45. The molecule has 1 unspecified atom stereocenters. The van der Waals surface area contributed by atoms with Crippen molar-refractivity contribution >= 4 is 11.3 Å². The summed E-state index contributed by atoms with van der Waals surface area (Å²) < 4.78 is 7.55. The molecule has 5 nitrogen and oxygen atoms in total. The molecule has 6 heteroatoms. The quantitative estimate of drug-likeness (QED) is 0.622. The number of thiophene rings is 1. The minimum atomic E-state index is -0.446. The smallest absolute Gasteiger partial charge is 0.0945 e. The zero-order chi connectivity index (χ0) is 14.8. The Hall–Kier alpha value is -1.21. The Morgan fingerprint density at radius 2 is 2.38 bits per heavy atom. The summed E-state index contributed by atoms with van der Waals surface area (Å²) in [6.07, 6.45) is 7.35. The van der Waals surface area contributed by atoms with Gasteiger partial charge < -0.3 is 19.7 Å². The summed E-state index contributed by atoms with van der Waals surface area (Å²) in [5, 5.41) is 15.1. The van der Waals surface area contributed by atoms with Gasteiger partial charge in [-0.05, 0) is 30.8 Å². The fourth-order valence-corrected chi connectivity index (χ4v) is 2.62. The van der Waals surface area contributed by atoms with Gasteiger partial charge in [-0.3, -0.25) is 0 Å². The molecule has 0 aliphatic heterocycles. The van der Waals surface area contributed by atoms with Gasteiger partial charge in [-0.25, -0.2) is 4.98 Å². The number of imidazole rings is 1. The van der Waals surface area contributed by atoms with E-state index in [2.05, 4.69) is 14.9 Å². The van der Waals surface area contributed by atoms with Gasteiger partial charge >= 0.3 is 0 Å². The van der Waals surface area contributed by atoms with Crippen LogP contribution in [0, 0.1) is 0 Å². The zero-order valence-corrected chi connectivity index (χ0v) is 13.0. The lowest BCUT2D eigenvalue weighted by Gasteiger charge is -2.12. The van der Waals surface area contributed by atoms with Crippen LogP contribution in [0.4, 0.5) is 0 Å². The number of aliphatic hydroxyl groups excluding tert-OH is 1. The summed E-state index contributed by atoms with van der Waals surface area (Å²) in [5.74, 6) is 0. The molecule has 2 aromatic heterocycles. The number of hydrogen-bond acceptors (Lipinski definition) is 5. The molecule has 2 heterocycles. The van der Waals surface area contributed by atoms with E-state index in [1.807, 2.05) is 30.0 Å². The molecule has 0 aromatic carbocycles. The third-order valence-corrected chi connectivity index (χ3v) is 3.94. The van der Waals surface area contributed by atoms with Crippen LogP contribution >= 0.6 is 11.3 Å². The Balaban J connectivity index is 1.41. The van der Waals surface area contributed by atoms with Gasteiger partial charge in [0.1, 0.15) is 0 Å². The Morgan fingerprint density at radius 1 is 1.43 bits per heavy atom. The molecule has 0 bridgehead atoms. The van der Waals surface area contributed by atoms with E-state index in [0.29, 0.717) is 19.8 Å². The van der Waals surface area contributed by atoms with Gasteiger partial charge in [-0.1, -0.05) is 6.07 Å². The highest BCUT2D eigenvalue weighted by Gasteiger charge is 2.04. The molecule has 0 aliphatic rings. The predicted molar refractivity (Wildman–Crippen MR) is 84.3 cm³/mol. The van der Waals surface area contributed by atoms with Crippen molar-refractivity contribution in [2.75, 3.05) is 19.7 Å². The summed E-state index contributed by atoms with van der Waals surface area (Å²) in [5.41, 5.74) is 0. The van der Waals surface area contributed by atoms with E-state index in [1.165, 1.54) is 4.88 Å². The number of nitrogens with one attached hydrogen (secondary N) is 1. The van der Waals surface area contributed by atoms with Crippen LogP contribution in [0.3, 0.4) is 0 Å². The van der Waals surface area contributed by atoms with Gasteiger partial charge in [0.05, 0.1) is 25.6 Å². The minimum absolute atomic E-state index is 0.375. The number of aliphatic hydroxyl groups is 1. The molecule has 21 heavy (non-hydrogen) atoms. The molecule has 2 N–H and O–H groups in total. The van der Waals surface area contributed by atoms with Crippen molar-refractivity contribution in [3.05, 3.63) is 41.1 Å². The summed E-state index contributed by atoms with van der Waals surface area (Å²) in [7, 11) is 0. The van der Waals surface area contributed by atoms with Crippen LogP contribution in [0.1, 0.15) is 17.7 Å². The molecule has 0 saturated carbocycles. The molecule has 0 amide bonds. The van der Waals surface area contributed by atoms with E-state index < -0.39 is 6.10 Å². The first kappa shape index (κ1) is 16.2. The number of hydrogen-bond donors (Lipinski definition) is 2. The van der Waals surface area contributed by atoms with Crippen LogP contribution in [-0.2, 0) is 17.9 Å². The van der Waals surface area contributed by atoms with Gasteiger partial charge in [0.15, 0.2) is 0 Å². The Morgan fingerprint density at radius 3 is 3.14 bits per heavy atom. The maximum atomic E-state index is 9.79.